The molecule has 0 aliphatic carbocycles. The van der Waals surface area contributed by atoms with Gasteiger partial charge in [-0.15, -0.1) is 0 Å². The first-order valence-corrected chi connectivity index (χ1v) is 10.8. The van der Waals surface area contributed by atoms with Crippen LogP contribution in [0.15, 0.2) is 77.5 Å². The predicted octanol–water partition coefficient (Wildman–Crippen LogP) is 4.55. The summed E-state index contributed by atoms with van der Waals surface area (Å²) in [6.45, 7) is 6.39. The number of para-hydroxylation sites is 1. The number of oxazole rings is 1. The molecule has 1 saturated heterocycles. The molecule has 0 saturated carbocycles. The lowest BCUT2D eigenvalue weighted by Gasteiger charge is -2.34. The molecule has 7 heteroatoms. The zero-order valence-electron chi connectivity index (χ0n) is 18.0. The van der Waals surface area contributed by atoms with Crippen LogP contribution in [0.4, 0.5) is 5.95 Å². The predicted molar refractivity (Wildman–Crippen MR) is 123 cm³/mol. The molecule has 2 aromatic heterocycles. The summed E-state index contributed by atoms with van der Waals surface area (Å²) in [4.78, 5) is 18.1. The fourth-order valence-electron chi connectivity index (χ4n) is 3.79. The standard InChI is InChI=1S/C25H25N5O2/c1-19-23(18-29-13-15-30(16-14-29)25-26-11-6-12-27-25)28-24(31-19)20-7-5-10-22(17-20)32-21-8-3-2-4-9-21/h2-12,17H,13-16,18H2,1H3. The van der Waals surface area contributed by atoms with Gasteiger partial charge < -0.3 is 14.1 Å². The average Bonchev–Trinajstić information content (AvgIpc) is 3.21. The summed E-state index contributed by atoms with van der Waals surface area (Å²) in [6, 6.07) is 19.4. The van der Waals surface area contributed by atoms with Gasteiger partial charge in [-0.25, -0.2) is 15.0 Å². The molecule has 5 rings (SSSR count). The number of rotatable bonds is 6. The molecule has 0 atom stereocenters. The lowest BCUT2D eigenvalue weighted by molar-refractivity contribution is 0.245. The molecule has 162 valence electrons. The molecule has 7 nitrogen and oxygen atoms in total. The molecule has 2 aromatic carbocycles. The van der Waals surface area contributed by atoms with Gasteiger partial charge in [-0.1, -0.05) is 24.3 Å². The van der Waals surface area contributed by atoms with Crippen molar-refractivity contribution in [1.82, 2.24) is 19.9 Å². The van der Waals surface area contributed by atoms with Crippen molar-refractivity contribution in [3.05, 3.63) is 84.5 Å². The van der Waals surface area contributed by atoms with Crippen molar-refractivity contribution >= 4 is 5.95 Å². The Kier molecular flexibility index (Phi) is 5.81. The van der Waals surface area contributed by atoms with Crippen molar-refractivity contribution in [3.63, 3.8) is 0 Å². The van der Waals surface area contributed by atoms with Gasteiger partial charge in [0.15, 0.2) is 0 Å². The van der Waals surface area contributed by atoms with Gasteiger partial charge in [0, 0.05) is 50.7 Å². The van der Waals surface area contributed by atoms with Crippen LogP contribution in [0.1, 0.15) is 11.5 Å². The van der Waals surface area contributed by atoms with E-state index in [4.69, 9.17) is 14.1 Å². The Morgan fingerprint density at radius 2 is 1.62 bits per heavy atom. The zero-order chi connectivity index (χ0) is 21.8. The summed E-state index contributed by atoms with van der Waals surface area (Å²) in [5.41, 5.74) is 1.87. The number of anilines is 1. The highest BCUT2D eigenvalue weighted by Gasteiger charge is 2.21. The van der Waals surface area contributed by atoms with Crippen molar-refractivity contribution in [2.45, 2.75) is 13.5 Å². The quantitative estimate of drug-likeness (QED) is 0.447. The highest BCUT2D eigenvalue weighted by atomic mass is 16.5. The van der Waals surface area contributed by atoms with E-state index >= 15 is 0 Å². The van der Waals surface area contributed by atoms with Gasteiger partial charge in [-0.05, 0) is 43.3 Å². The van der Waals surface area contributed by atoms with Gasteiger partial charge in [-0.3, -0.25) is 4.90 Å². The molecule has 0 radical (unpaired) electrons. The van der Waals surface area contributed by atoms with Crippen LogP contribution in [0.2, 0.25) is 0 Å². The summed E-state index contributed by atoms with van der Waals surface area (Å²) >= 11 is 0. The van der Waals surface area contributed by atoms with Gasteiger partial charge in [0.2, 0.25) is 11.8 Å². The van der Waals surface area contributed by atoms with Gasteiger partial charge >= 0.3 is 0 Å². The Labute approximate surface area is 187 Å². The van der Waals surface area contributed by atoms with Crippen LogP contribution >= 0.6 is 0 Å². The normalized spacial score (nSPS) is 14.5. The van der Waals surface area contributed by atoms with Crippen molar-refractivity contribution in [2.75, 3.05) is 31.1 Å². The molecule has 1 fully saturated rings. The van der Waals surface area contributed by atoms with E-state index in [0.717, 1.165) is 67.2 Å². The van der Waals surface area contributed by atoms with E-state index in [2.05, 4.69) is 19.8 Å². The molecular formula is C25H25N5O2. The first-order chi connectivity index (χ1) is 15.7. The molecule has 1 aliphatic heterocycles. The summed E-state index contributed by atoms with van der Waals surface area (Å²) in [5, 5.41) is 0. The number of ether oxygens (including phenoxy) is 1. The average molecular weight is 428 g/mol. The third kappa shape index (κ3) is 4.63. The molecule has 0 spiro atoms. The van der Waals surface area contributed by atoms with Crippen LogP contribution < -0.4 is 9.64 Å². The van der Waals surface area contributed by atoms with Crippen LogP contribution in [0.3, 0.4) is 0 Å². The number of benzene rings is 2. The van der Waals surface area contributed by atoms with Gasteiger partial charge in [0.25, 0.3) is 0 Å². The third-order valence-corrected chi connectivity index (χ3v) is 5.53. The molecule has 4 aromatic rings. The van der Waals surface area contributed by atoms with Crippen LogP contribution in [-0.2, 0) is 6.54 Å². The first kappa shape index (κ1) is 20.2. The van der Waals surface area contributed by atoms with E-state index in [-0.39, 0.29) is 0 Å². The van der Waals surface area contributed by atoms with Gasteiger partial charge in [-0.2, -0.15) is 0 Å². The van der Waals surface area contributed by atoms with Crippen molar-refractivity contribution in [3.8, 4) is 23.0 Å². The molecule has 0 bridgehead atoms. The molecule has 3 heterocycles. The second-order valence-electron chi connectivity index (χ2n) is 7.78. The summed E-state index contributed by atoms with van der Waals surface area (Å²) < 4.78 is 12.0. The van der Waals surface area contributed by atoms with E-state index in [1.165, 1.54) is 0 Å². The minimum absolute atomic E-state index is 0.618. The van der Waals surface area contributed by atoms with Crippen molar-refractivity contribution in [2.24, 2.45) is 0 Å². The molecule has 1 aliphatic rings. The second-order valence-corrected chi connectivity index (χ2v) is 7.78. The monoisotopic (exact) mass is 427 g/mol. The van der Waals surface area contributed by atoms with Gasteiger partial charge in [0.1, 0.15) is 17.3 Å². The third-order valence-electron chi connectivity index (χ3n) is 5.53. The van der Waals surface area contributed by atoms with Crippen LogP contribution in [-0.4, -0.2) is 46.0 Å². The highest BCUT2D eigenvalue weighted by Crippen LogP contribution is 2.28. The maximum atomic E-state index is 6.01. The molecule has 0 unspecified atom stereocenters. The minimum Gasteiger partial charge on any atom is -0.457 e. The fraction of sp³-hybridized carbons (Fsp3) is 0.240. The van der Waals surface area contributed by atoms with E-state index in [1.54, 1.807) is 12.4 Å². The Bertz CT molecular complexity index is 1160. The lowest BCUT2D eigenvalue weighted by atomic mass is 10.2. The Morgan fingerprint density at radius 3 is 2.41 bits per heavy atom. The van der Waals surface area contributed by atoms with Crippen LogP contribution in [0.5, 0.6) is 11.5 Å². The largest absolute Gasteiger partial charge is 0.457 e. The molecular weight excluding hydrogens is 402 g/mol. The lowest BCUT2D eigenvalue weighted by Crippen LogP contribution is -2.46. The number of aryl methyl sites for hydroxylation is 1. The highest BCUT2D eigenvalue weighted by molar-refractivity contribution is 5.57. The molecule has 0 N–H and O–H groups in total. The second kappa shape index (κ2) is 9.20. The van der Waals surface area contributed by atoms with E-state index in [1.807, 2.05) is 67.6 Å². The van der Waals surface area contributed by atoms with E-state index in [9.17, 15) is 0 Å². The summed E-state index contributed by atoms with van der Waals surface area (Å²) in [6.07, 6.45) is 3.57. The number of piperazine rings is 1. The molecule has 32 heavy (non-hydrogen) atoms. The van der Waals surface area contributed by atoms with E-state index < -0.39 is 0 Å². The Balaban J connectivity index is 1.24. The maximum absolute atomic E-state index is 6.01. The number of hydrogen-bond acceptors (Lipinski definition) is 7. The van der Waals surface area contributed by atoms with Crippen LogP contribution in [0, 0.1) is 6.92 Å². The first-order valence-electron chi connectivity index (χ1n) is 10.8. The SMILES string of the molecule is Cc1oc(-c2cccc(Oc3ccccc3)c2)nc1CN1CCN(c2ncccn2)CC1. The zero-order valence-corrected chi connectivity index (χ0v) is 18.0. The Hall–Kier alpha value is -3.71. The fourth-order valence-corrected chi connectivity index (χ4v) is 3.79. The number of aromatic nitrogens is 3. The van der Waals surface area contributed by atoms with Crippen molar-refractivity contribution in [1.29, 1.82) is 0 Å². The smallest absolute Gasteiger partial charge is 0.226 e. The van der Waals surface area contributed by atoms with Crippen molar-refractivity contribution < 1.29 is 9.15 Å². The number of nitrogens with zero attached hydrogens (tertiary/aromatic N) is 5. The van der Waals surface area contributed by atoms with Crippen LogP contribution in [0.25, 0.3) is 11.5 Å². The summed E-state index contributed by atoms with van der Waals surface area (Å²) in [5.74, 6) is 3.82. The molecule has 0 amide bonds. The topological polar surface area (TPSA) is 67.5 Å². The summed E-state index contributed by atoms with van der Waals surface area (Å²) in [7, 11) is 0. The minimum atomic E-state index is 0.618. The maximum Gasteiger partial charge on any atom is 0.226 e. The van der Waals surface area contributed by atoms with Gasteiger partial charge in [0.05, 0.1) is 5.69 Å². The van der Waals surface area contributed by atoms with E-state index in [0.29, 0.717) is 5.89 Å². The Morgan fingerprint density at radius 1 is 0.875 bits per heavy atom. The number of hydrogen-bond donors (Lipinski definition) is 0.